The number of halogens is 1. The Bertz CT molecular complexity index is 363. The second-order valence-electron chi connectivity index (χ2n) is 4.41. The summed E-state index contributed by atoms with van der Waals surface area (Å²) in [6, 6.07) is 5.76. The zero-order chi connectivity index (χ0) is 11.5. The van der Waals surface area contributed by atoms with Gasteiger partial charge in [-0.3, -0.25) is 0 Å². The molecule has 1 fully saturated rings. The van der Waals surface area contributed by atoms with Crippen molar-refractivity contribution in [2.75, 3.05) is 18.0 Å². The average Bonchev–Trinajstić information content (AvgIpc) is 3.10. The van der Waals surface area contributed by atoms with Crippen LogP contribution in [0.25, 0.3) is 0 Å². The summed E-state index contributed by atoms with van der Waals surface area (Å²) in [6.07, 6.45) is 2.69. The highest BCUT2D eigenvalue weighted by molar-refractivity contribution is 6.30. The molecular weight excluding hydrogens is 222 g/mol. The number of aliphatic hydroxyl groups excluding tert-OH is 1. The molecule has 1 aromatic rings. The summed E-state index contributed by atoms with van der Waals surface area (Å²) in [5.74, 6) is 0.849. The van der Waals surface area contributed by atoms with Crippen LogP contribution >= 0.6 is 11.6 Å². The zero-order valence-electron chi connectivity index (χ0n) is 9.62. The molecule has 0 spiro atoms. The molecule has 1 aliphatic rings. The first-order valence-corrected chi connectivity index (χ1v) is 6.26. The fraction of sp³-hybridized carbons (Fsp3) is 0.538. The van der Waals surface area contributed by atoms with E-state index in [1.807, 2.05) is 18.2 Å². The van der Waals surface area contributed by atoms with Crippen LogP contribution in [0.2, 0.25) is 5.02 Å². The molecule has 2 rings (SSSR count). The van der Waals surface area contributed by atoms with E-state index in [2.05, 4.69) is 11.8 Å². The minimum atomic E-state index is 0.0526. The molecule has 3 heteroatoms. The van der Waals surface area contributed by atoms with E-state index in [9.17, 15) is 5.11 Å². The summed E-state index contributed by atoms with van der Waals surface area (Å²) in [5.41, 5.74) is 2.05. The van der Waals surface area contributed by atoms with Gasteiger partial charge in [-0.15, -0.1) is 0 Å². The second kappa shape index (κ2) is 5.07. The number of rotatable bonds is 5. The lowest BCUT2D eigenvalue weighted by molar-refractivity contribution is 0.282. The summed E-state index contributed by atoms with van der Waals surface area (Å²) in [6.45, 7) is 4.28. The molecule has 1 N–H and O–H groups in total. The third kappa shape index (κ3) is 2.69. The smallest absolute Gasteiger partial charge is 0.0702 e. The maximum absolute atomic E-state index is 9.35. The van der Waals surface area contributed by atoms with Crippen LogP contribution in [0.5, 0.6) is 0 Å². The molecule has 1 saturated carbocycles. The molecule has 0 heterocycles. The molecule has 0 aromatic heterocycles. The van der Waals surface area contributed by atoms with Gasteiger partial charge in [0.05, 0.1) is 6.61 Å². The molecule has 16 heavy (non-hydrogen) atoms. The highest BCUT2D eigenvalue weighted by atomic mass is 35.5. The minimum Gasteiger partial charge on any atom is -0.392 e. The lowest BCUT2D eigenvalue weighted by Gasteiger charge is -2.25. The van der Waals surface area contributed by atoms with Crippen LogP contribution in [0, 0.1) is 5.92 Å². The highest BCUT2D eigenvalue weighted by Crippen LogP contribution is 2.33. The molecule has 0 bridgehead atoms. The Morgan fingerprint density at radius 3 is 2.75 bits per heavy atom. The highest BCUT2D eigenvalue weighted by Gasteiger charge is 2.24. The first-order valence-electron chi connectivity index (χ1n) is 5.88. The number of hydrogen-bond acceptors (Lipinski definition) is 2. The predicted octanol–water partition coefficient (Wildman–Crippen LogP) is 3.07. The van der Waals surface area contributed by atoms with Crippen LogP contribution in [-0.4, -0.2) is 18.2 Å². The monoisotopic (exact) mass is 239 g/mol. The molecule has 0 unspecified atom stereocenters. The molecule has 2 nitrogen and oxygen atoms in total. The van der Waals surface area contributed by atoms with E-state index in [1.54, 1.807) is 0 Å². The maximum atomic E-state index is 9.35. The van der Waals surface area contributed by atoms with Gasteiger partial charge < -0.3 is 10.0 Å². The standard InChI is InChI=1S/C13H18ClNO/c1-2-15(8-10-3-4-10)13-6-5-12(14)7-11(13)9-16/h5-7,10,16H,2-4,8-9H2,1H3. The SMILES string of the molecule is CCN(CC1CC1)c1ccc(Cl)cc1CO. The lowest BCUT2D eigenvalue weighted by Crippen LogP contribution is -2.26. The van der Waals surface area contributed by atoms with E-state index in [0.717, 1.165) is 30.3 Å². The van der Waals surface area contributed by atoms with E-state index in [4.69, 9.17) is 11.6 Å². The van der Waals surface area contributed by atoms with Gasteiger partial charge >= 0.3 is 0 Å². The van der Waals surface area contributed by atoms with Crippen molar-refractivity contribution in [2.24, 2.45) is 5.92 Å². The van der Waals surface area contributed by atoms with Gasteiger partial charge in [0.2, 0.25) is 0 Å². The van der Waals surface area contributed by atoms with Gasteiger partial charge in [0.1, 0.15) is 0 Å². The fourth-order valence-corrected chi connectivity index (χ4v) is 2.19. The van der Waals surface area contributed by atoms with Gasteiger partial charge in [0, 0.05) is 29.4 Å². The summed E-state index contributed by atoms with van der Waals surface area (Å²) in [5, 5.41) is 10.0. The first-order chi connectivity index (χ1) is 7.74. The number of benzene rings is 1. The quantitative estimate of drug-likeness (QED) is 0.854. The van der Waals surface area contributed by atoms with Crippen LogP contribution in [0.4, 0.5) is 5.69 Å². The van der Waals surface area contributed by atoms with Crippen molar-refractivity contribution in [2.45, 2.75) is 26.4 Å². The minimum absolute atomic E-state index is 0.0526. The van der Waals surface area contributed by atoms with Crippen molar-refractivity contribution < 1.29 is 5.11 Å². The van der Waals surface area contributed by atoms with E-state index < -0.39 is 0 Å². The van der Waals surface area contributed by atoms with Gasteiger partial charge in [0.25, 0.3) is 0 Å². The fourth-order valence-electron chi connectivity index (χ4n) is 2.00. The molecule has 88 valence electrons. The Morgan fingerprint density at radius 2 is 2.19 bits per heavy atom. The van der Waals surface area contributed by atoms with E-state index in [-0.39, 0.29) is 6.61 Å². The molecule has 0 amide bonds. The molecule has 0 radical (unpaired) electrons. The van der Waals surface area contributed by atoms with E-state index in [0.29, 0.717) is 5.02 Å². The molecule has 1 aliphatic carbocycles. The Hall–Kier alpha value is -0.730. The van der Waals surface area contributed by atoms with Gasteiger partial charge in [-0.25, -0.2) is 0 Å². The largest absolute Gasteiger partial charge is 0.392 e. The van der Waals surface area contributed by atoms with Crippen molar-refractivity contribution in [3.05, 3.63) is 28.8 Å². The number of hydrogen-bond donors (Lipinski definition) is 1. The van der Waals surface area contributed by atoms with Gasteiger partial charge in [0.15, 0.2) is 0 Å². The Kier molecular flexibility index (Phi) is 3.72. The van der Waals surface area contributed by atoms with Crippen molar-refractivity contribution in [3.63, 3.8) is 0 Å². The van der Waals surface area contributed by atoms with Crippen LogP contribution in [0.15, 0.2) is 18.2 Å². The third-order valence-electron chi connectivity index (χ3n) is 3.11. The molecule has 0 saturated heterocycles. The van der Waals surface area contributed by atoms with Crippen LogP contribution in [0.1, 0.15) is 25.3 Å². The van der Waals surface area contributed by atoms with Crippen molar-refractivity contribution in [1.29, 1.82) is 0 Å². The van der Waals surface area contributed by atoms with Gasteiger partial charge in [-0.2, -0.15) is 0 Å². The third-order valence-corrected chi connectivity index (χ3v) is 3.34. The Balaban J connectivity index is 2.21. The number of aliphatic hydroxyl groups is 1. The van der Waals surface area contributed by atoms with Crippen LogP contribution < -0.4 is 4.90 Å². The summed E-state index contributed by atoms with van der Waals surface area (Å²) in [7, 11) is 0. The molecule has 0 atom stereocenters. The lowest BCUT2D eigenvalue weighted by atomic mass is 10.1. The van der Waals surface area contributed by atoms with Crippen molar-refractivity contribution in [3.8, 4) is 0 Å². The van der Waals surface area contributed by atoms with Gasteiger partial charge in [-0.1, -0.05) is 11.6 Å². The van der Waals surface area contributed by atoms with E-state index in [1.165, 1.54) is 12.8 Å². The summed E-state index contributed by atoms with van der Waals surface area (Å²) in [4.78, 5) is 2.33. The maximum Gasteiger partial charge on any atom is 0.0702 e. The number of anilines is 1. The van der Waals surface area contributed by atoms with Crippen LogP contribution in [0.3, 0.4) is 0 Å². The van der Waals surface area contributed by atoms with Crippen molar-refractivity contribution in [1.82, 2.24) is 0 Å². The average molecular weight is 240 g/mol. The second-order valence-corrected chi connectivity index (χ2v) is 4.85. The summed E-state index contributed by atoms with van der Waals surface area (Å²) < 4.78 is 0. The topological polar surface area (TPSA) is 23.5 Å². The zero-order valence-corrected chi connectivity index (χ0v) is 10.4. The molecule has 1 aromatic carbocycles. The Labute approximate surface area is 102 Å². The van der Waals surface area contributed by atoms with Gasteiger partial charge in [-0.05, 0) is 43.9 Å². The Morgan fingerprint density at radius 1 is 1.44 bits per heavy atom. The van der Waals surface area contributed by atoms with E-state index >= 15 is 0 Å². The van der Waals surface area contributed by atoms with Crippen molar-refractivity contribution >= 4 is 17.3 Å². The summed E-state index contributed by atoms with van der Waals surface area (Å²) >= 11 is 5.93. The normalized spacial score (nSPS) is 15.2. The van der Waals surface area contributed by atoms with Crippen LogP contribution in [-0.2, 0) is 6.61 Å². The predicted molar refractivity (Wildman–Crippen MR) is 68.0 cm³/mol. The molecule has 0 aliphatic heterocycles. The first kappa shape index (κ1) is 11.7. The molecular formula is C13H18ClNO. The number of nitrogens with zero attached hydrogens (tertiary/aromatic N) is 1.